The first-order valence-electron chi connectivity index (χ1n) is 10.6. The Bertz CT molecular complexity index is 1240. The smallest absolute Gasteiger partial charge is 0.235 e. The fourth-order valence-corrected chi connectivity index (χ4v) is 5.77. The summed E-state index contributed by atoms with van der Waals surface area (Å²) in [6.07, 6.45) is 1.82. The van der Waals surface area contributed by atoms with Crippen LogP contribution in [-0.4, -0.2) is 20.1 Å². The number of carbonyl (C=O) groups is 1. The molecule has 1 heterocycles. The maximum Gasteiger partial charge on any atom is 0.235 e. The normalized spacial score (nSPS) is 21.4. The summed E-state index contributed by atoms with van der Waals surface area (Å²) in [4.78, 5) is 11.7. The maximum atomic E-state index is 11.8. The largest absolute Gasteiger partial charge is 0.486 e. The zero-order chi connectivity index (χ0) is 22.1. The van der Waals surface area contributed by atoms with E-state index >= 15 is 0 Å². The summed E-state index contributed by atoms with van der Waals surface area (Å²) in [5.74, 6) is 1.49. The molecule has 6 nitrogen and oxygen atoms in total. The molecule has 2 aliphatic rings. The first kappa shape index (κ1) is 20.6. The van der Waals surface area contributed by atoms with Gasteiger partial charge in [-0.25, -0.2) is 8.42 Å². The second-order valence-corrected chi connectivity index (χ2v) is 9.93. The van der Waals surface area contributed by atoms with E-state index in [1.807, 2.05) is 71.5 Å². The van der Waals surface area contributed by atoms with Crippen molar-refractivity contribution in [3.63, 3.8) is 0 Å². The molecular weight excluding hydrogens is 426 g/mol. The SMILES string of the molecule is O=C1CC(c2ccc(O[C@@H]3CCc4c(Oc5ccccc5)cccc43)cc2)CS(=O)(=O)N1. The molecule has 0 radical (unpaired) electrons. The lowest BCUT2D eigenvalue weighted by atomic mass is 9.97. The Morgan fingerprint density at radius 3 is 2.41 bits per heavy atom. The summed E-state index contributed by atoms with van der Waals surface area (Å²) >= 11 is 0. The number of amides is 1. The number of hydrogen-bond acceptors (Lipinski definition) is 5. The number of fused-ring (bicyclic) bond motifs is 1. The van der Waals surface area contributed by atoms with Gasteiger partial charge in [-0.15, -0.1) is 0 Å². The lowest BCUT2D eigenvalue weighted by Gasteiger charge is -2.23. The molecule has 2 atom stereocenters. The van der Waals surface area contributed by atoms with Crippen molar-refractivity contribution in [2.45, 2.75) is 31.3 Å². The molecule has 1 aliphatic heterocycles. The second-order valence-electron chi connectivity index (χ2n) is 8.16. The van der Waals surface area contributed by atoms with Crippen molar-refractivity contribution in [2.75, 3.05) is 5.75 Å². The number of para-hydroxylation sites is 1. The standard InChI is InChI=1S/C25H23NO5S/c27-25-15-18(16-32(28,29)26-25)17-9-11-20(12-10-17)31-24-14-13-22-21(24)7-4-8-23(22)30-19-5-2-1-3-6-19/h1-12,18,24H,13-16H2,(H,26,27)/t18?,24-/m1/s1. The van der Waals surface area contributed by atoms with Crippen molar-refractivity contribution in [2.24, 2.45) is 0 Å². The summed E-state index contributed by atoms with van der Waals surface area (Å²) < 4.78 is 38.1. The van der Waals surface area contributed by atoms with Gasteiger partial charge in [-0.3, -0.25) is 9.52 Å². The molecule has 7 heteroatoms. The third-order valence-electron chi connectivity index (χ3n) is 5.90. The van der Waals surface area contributed by atoms with Crippen molar-refractivity contribution in [3.05, 3.63) is 89.5 Å². The molecule has 1 aliphatic carbocycles. The molecule has 0 aromatic heterocycles. The molecule has 164 valence electrons. The summed E-state index contributed by atoms with van der Waals surface area (Å²) in [7, 11) is -3.56. The van der Waals surface area contributed by atoms with Gasteiger partial charge in [0.05, 0.1) is 5.75 Å². The van der Waals surface area contributed by atoms with E-state index in [2.05, 4.69) is 6.07 Å². The fourth-order valence-electron chi connectivity index (χ4n) is 4.42. The highest BCUT2D eigenvalue weighted by atomic mass is 32.2. The van der Waals surface area contributed by atoms with Gasteiger partial charge in [0.2, 0.25) is 15.9 Å². The third kappa shape index (κ3) is 4.34. The predicted molar refractivity (Wildman–Crippen MR) is 120 cm³/mol. The fraction of sp³-hybridized carbons (Fsp3) is 0.240. The van der Waals surface area contributed by atoms with Crippen LogP contribution in [0, 0.1) is 0 Å². The molecule has 1 fully saturated rings. The van der Waals surface area contributed by atoms with E-state index in [-0.39, 0.29) is 24.2 Å². The molecule has 1 amide bonds. The summed E-state index contributed by atoms with van der Waals surface area (Å²) in [6.45, 7) is 0. The number of carbonyl (C=O) groups excluding carboxylic acids is 1. The number of nitrogens with one attached hydrogen (secondary N) is 1. The van der Waals surface area contributed by atoms with Crippen molar-refractivity contribution in [1.82, 2.24) is 4.72 Å². The van der Waals surface area contributed by atoms with Gasteiger partial charge in [0.25, 0.3) is 0 Å². The Hall–Kier alpha value is -3.32. The van der Waals surface area contributed by atoms with E-state index in [1.165, 1.54) is 0 Å². The molecule has 0 spiro atoms. The van der Waals surface area contributed by atoms with Crippen LogP contribution in [0.5, 0.6) is 17.2 Å². The highest BCUT2D eigenvalue weighted by Gasteiger charge is 2.31. The van der Waals surface area contributed by atoms with Crippen LogP contribution in [0.3, 0.4) is 0 Å². The van der Waals surface area contributed by atoms with E-state index in [9.17, 15) is 13.2 Å². The van der Waals surface area contributed by atoms with Crippen molar-refractivity contribution in [1.29, 1.82) is 0 Å². The molecule has 32 heavy (non-hydrogen) atoms. The van der Waals surface area contributed by atoms with Crippen LogP contribution in [0.1, 0.15) is 41.6 Å². The van der Waals surface area contributed by atoms with Crippen LogP contribution in [0.15, 0.2) is 72.8 Å². The van der Waals surface area contributed by atoms with Crippen LogP contribution >= 0.6 is 0 Å². The molecule has 0 saturated carbocycles. The maximum absolute atomic E-state index is 11.8. The minimum absolute atomic E-state index is 0.0731. The Morgan fingerprint density at radius 2 is 1.66 bits per heavy atom. The van der Waals surface area contributed by atoms with Crippen LogP contribution in [-0.2, 0) is 21.2 Å². The average Bonchev–Trinajstić information content (AvgIpc) is 3.17. The predicted octanol–water partition coefficient (Wildman–Crippen LogP) is 4.48. The first-order chi connectivity index (χ1) is 15.5. The van der Waals surface area contributed by atoms with Gasteiger partial charge in [0.15, 0.2) is 0 Å². The lowest BCUT2D eigenvalue weighted by molar-refractivity contribution is -0.119. The van der Waals surface area contributed by atoms with Gasteiger partial charge >= 0.3 is 0 Å². The van der Waals surface area contributed by atoms with E-state index in [4.69, 9.17) is 9.47 Å². The molecular formula is C25H23NO5S. The molecule has 1 unspecified atom stereocenters. The molecule has 1 N–H and O–H groups in total. The number of ether oxygens (including phenoxy) is 2. The Labute approximate surface area is 187 Å². The van der Waals surface area contributed by atoms with Crippen LogP contribution in [0.2, 0.25) is 0 Å². The van der Waals surface area contributed by atoms with Gasteiger partial charge in [-0.2, -0.15) is 0 Å². The summed E-state index contributed by atoms with van der Waals surface area (Å²) in [6, 6.07) is 23.1. The van der Waals surface area contributed by atoms with E-state index < -0.39 is 15.9 Å². The zero-order valence-corrected chi connectivity index (χ0v) is 18.2. The van der Waals surface area contributed by atoms with Gasteiger partial charge in [-0.05, 0) is 54.3 Å². The van der Waals surface area contributed by atoms with Gasteiger partial charge in [0.1, 0.15) is 23.4 Å². The Balaban J connectivity index is 1.30. The molecule has 1 saturated heterocycles. The van der Waals surface area contributed by atoms with Crippen molar-refractivity contribution >= 4 is 15.9 Å². The molecule has 3 aromatic rings. The zero-order valence-electron chi connectivity index (χ0n) is 17.4. The third-order valence-corrected chi connectivity index (χ3v) is 7.28. The lowest BCUT2D eigenvalue weighted by Crippen LogP contribution is -2.40. The Kier molecular flexibility index (Phi) is 5.35. The number of benzene rings is 3. The molecule has 5 rings (SSSR count). The van der Waals surface area contributed by atoms with Crippen molar-refractivity contribution < 1.29 is 22.7 Å². The van der Waals surface area contributed by atoms with E-state index in [1.54, 1.807) is 0 Å². The minimum Gasteiger partial charge on any atom is -0.486 e. The number of sulfonamides is 1. The number of rotatable bonds is 5. The first-order valence-corrected chi connectivity index (χ1v) is 12.3. The van der Waals surface area contributed by atoms with Gasteiger partial charge < -0.3 is 9.47 Å². The number of hydrogen-bond donors (Lipinski definition) is 1. The monoisotopic (exact) mass is 449 g/mol. The van der Waals surface area contributed by atoms with Gasteiger partial charge in [0, 0.05) is 17.9 Å². The van der Waals surface area contributed by atoms with Crippen LogP contribution in [0.25, 0.3) is 0 Å². The second kappa shape index (κ2) is 8.31. The van der Waals surface area contributed by atoms with E-state index in [0.717, 1.165) is 41.0 Å². The molecule has 3 aromatic carbocycles. The Morgan fingerprint density at radius 1 is 0.875 bits per heavy atom. The minimum atomic E-state index is -3.56. The summed E-state index contributed by atoms with van der Waals surface area (Å²) in [5, 5.41) is 0. The highest BCUT2D eigenvalue weighted by molar-refractivity contribution is 7.90. The van der Waals surface area contributed by atoms with Crippen LogP contribution < -0.4 is 14.2 Å². The topological polar surface area (TPSA) is 81.7 Å². The van der Waals surface area contributed by atoms with Gasteiger partial charge in [-0.1, -0.05) is 42.5 Å². The van der Waals surface area contributed by atoms with Crippen LogP contribution in [0.4, 0.5) is 0 Å². The van der Waals surface area contributed by atoms with E-state index in [0.29, 0.717) is 5.75 Å². The average molecular weight is 450 g/mol. The highest BCUT2D eigenvalue weighted by Crippen LogP contribution is 2.41. The summed E-state index contributed by atoms with van der Waals surface area (Å²) in [5.41, 5.74) is 3.11. The quantitative estimate of drug-likeness (QED) is 0.621. The molecule has 0 bridgehead atoms. The van der Waals surface area contributed by atoms with Crippen molar-refractivity contribution in [3.8, 4) is 17.2 Å².